The number of nitrogens with one attached hydrogen (secondary N) is 1. The van der Waals surface area contributed by atoms with E-state index in [-0.39, 0.29) is 16.6 Å². The summed E-state index contributed by atoms with van der Waals surface area (Å²) in [6.45, 7) is 0.437. The van der Waals surface area contributed by atoms with Crippen LogP contribution in [0.3, 0.4) is 0 Å². The summed E-state index contributed by atoms with van der Waals surface area (Å²) in [5.41, 5.74) is 4.98. The van der Waals surface area contributed by atoms with Crippen molar-refractivity contribution in [2.24, 2.45) is 0 Å². The van der Waals surface area contributed by atoms with E-state index in [1.807, 2.05) is 0 Å². The fourth-order valence-electron chi connectivity index (χ4n) is 1.96. The van der Waals surface area contributed by atoms with Crippen LogP contribution in [0.5, 0.6) is 0 Å². The highest BCUT2D eigenvalue weighted by Crippen LogP contribution is 2.25. The van der Waals surface area contributed by atoms with Crippen molar-refractivity contribution in [3.05, 3.63) is 23.0 Å². The Morgan fingerprint density at radius 1 is 1.50 bits per heavy atom. The molecule has 1 saturated heterocycles. The minimum atomic E-state index is -4.21. The summed E-state index contributed by atoms with van der Waals surface area (Å²) in [5.74, 6) is -1.44. The number of nitrogens with two attached hydrogens (primary N) is 1. The number of likely N-dealkylation sites (N-methyl/N-ethyl adjacent to an activating group) is 1. The van der Waals surface area contributed by atoms with Crippen molar-refractivity contribution < 1.29 is 17.6 Å². The molecular weight excluding hydrogens is 309 g/mol. The van der Waals surface area contributed by atoms with Gasteiger partial charge in [0.2, 0.25) is 15.9 Å². The molecule has 0 spiro atoms. The maximum absolute atomic E-state index is 13.8. The molecule has 0 aromatic heterocycles. The SMILES string of the molecule is CN1CCC(NS(=O)(=O)c2cc(Cl)cc(N)c2F)C1=O. The van der Waals surface area contributed by atoms with E-state index in [1.165, 1.54) is 4.90 Å². The molecule has 2 rings (SSSR count). The fourth-order valence-corrected chi connectivity index (χ4v) is 3.61. The van der Waals surface area contributed by atoms with Crippen LogP contribution >= 0.6 is 11.6 Å². The van der Waals surface area contributed by atoms with E-state index >= 15 is 0 Å². The van der Waals surface area contributed by atoms with E-state index < -0.39 is 26.8 Å². The minimum absolute atomic E-state index is 0.000795. The first-order valence-corrected chi connectivity index (χ1v) is 7.60. The molecule has 20 heavy (non-hydrogen) atoms. The Kier molecular flexibility index (Phi) is 3.90. The quantitative estimate of drug-likeness (QED) is 0.796. The van der Waals surface area contributed by atoms with Crippen molar-refractivity contribution in [1.82, 2.24) is 9.62 Å². The molecule has 3 N–H and O–H groups in total. The second kappa shape index (κ2) is 5.19. The Balaban J connectivity index is 2.34. The number of benzene rings is 1. The zero-order chi connectivity index (χ0) is 15.1. The zero-order valence-corrected chi connectivity index (χ0v) is 12.1. The van der Waals surface area contributed by atoms with E-state index in [9.17, 15) is 17.6 Å². The van der Waals surface area contributed by atoms with Gasteiger partial charge in [0.1, 0.15) is 10.9 Å². The molecule has 1 amide bonds. The van der Waals surface area contributed by atoms with Gasteiger partial charge in [0.25, 0.3) is 0 Å². The molecule has 1 heterocycles. The molecule has 1 atom stereocenters. The number of anilines is 1. The zero-order valence-electron chi connectivity index (χ0n) is 10.6. The summed E-state index contributed by atoms with van der Waals surface area (Å²) in [4.78, 5) is 12.4. The first-order chi connectivity index (χ1) is 9.22. The van der Waals surface area contributed by atoms with Gasteiger partial charge in [0.15, 0.2) is 5.82 Å². The molecule has 1 aromatic carbocycles. The van der Waals surface area contributed by atoms with Crippen molar-refractivity contribution in [3.63, 3.8) is 0 Å². The van der Waals surface area contributed by atoms with Crippen molar-refractivity contribution in [1.29, 1.82) is 0 Å². The largest absolute Gasteiger partial charge is 0.396 e. The molecule has 0 saturated carbocycles. The maximum Gasteiger partial charge on any atom is 0.244 e. The van der Waals surface area contributed by atoms with Crippen LogP contribution in [-0.2, 0) is 14.8 Å². The number of halogens is 2. The topological polar surface area (TPSA) is 92.5 Å². The highest BCUT2D eigenvalue weighted by Gasteiger charge is 2.34. The van der Waals surface area contributed by atoms with Gasteiger partial charge in [-0.25, -0.2) is 12.8 Å². The second-order valence-corrected chi connectivity index (χ2v) is 6.65. The van der Waals surface area contributed by atoms with Gasteiger partial charge in [-0.3, -0.25) is 4.79 Å². The number of nitrogen functional groups attached to an aromatic ring is 1. The third-order valence-corrected chi connectivity index (χ3v) is 4.74. The molecule has 1 fully saturated rings. The average molecular weight is 322 g/mol. The number of carbonyl (C=O) groups is 1. The van der Waals surface area contributed by atoms with E-state index in [4.69, 9.17) is 17.3 Å². The maximum atomic E-state index is 13.8. The Labute approximate surface area is 120 Å². The van der Waals surface area contributed by atoms with Crippen LogP contribution < -0.4 is 10.5 Å². The van der Waals surface area contributed by atoms with Gasteiger partial charge >= 0.3 is 0 Å². The fraction of sp³-hybridized carbons (Fsp3) is 0.364. The lowest BCUT2D eigenvalue weighted by molar-refractivity contribution is -0.127. The van der Waals surface area contributed by atoms with Crippen LogP contribution in [0.1, 0.15) is 6.42 Å². The van der Waals surface area contributed by atoms with Gasteiger partial charge < -0.3 is 10.6 Å². The summed E-state index contributed by atoms with van der Waals surface area (Å²) >= 11 is 5.68. The summed E-state index contributed by atoms with van der Waals surface area (Å²) in [7, 11) is -2.65. The highest BCUT2D eigenvalue weighted by atomic mass is 35.5. The Hall–Kier alpha value is -1.38. The number of nitrogens with zero attached hydrogens (tertiary/aromatic N) is 1. The molecule has 0 aliphatic carbocycles. The van der Waals surface area contributed by atoms with Gasteiger partial charge in [-0.05, 0) is 18.6 Å². The van der Waals surface area contributed by atoms with Gasteiger partial charge in [0.05, 0.1) is 5.69 Å². The van der Waals surface area contributed by atoms with Crippen LogP contribution in [-0.4, -0.2) is 38.9 Å². The summed E-state index contributed by atoms with van der Waals surface area (Å²) < 4.78 is 40.3. The molecular formula is C11H13ClFN3O3S. The van der Waals surface area contributed by atoms with Crippen molar-refractivity contribution in [3.8, 4) is 0 Å². The van der Waals surface area contributed by atoms with E-state index in [2.05, 4.69) is 4.72 Å². The lowest BCUT2D eigenvalue weighted by Crippen LogP contribution is -2.40. The normalized spacial score (nSPS) is 19.6. The predicted octanol–water partition coefficient (Wildman–Crippen LogP) is 0.570. The number of rotatable bonds is 3. The highest BCUT2D eigenvalue weighted by molar-refractivity contribution is 7.89. The summed E-state index contributed by atoms with van der Waals surface area (Å²) in [6, 6.07) is 1.17. The Morgan fingerprint density at radius 3 is 2.70 bits per heavy atom. The first kappa shape index (κ1) is 15.0. The van der Waals surface area contributed by atoms with Gasteiger partial charge in [0, 0.05) is 18.6 Å². The Morgan fingerprint density at radius 2 is 2.15 bits per heavy atom. The number of hydrogen-bond donors (Lipinski definition) is 2. The standard InChI is InChI=1S/C11H13ClFN3O3S/c1-16-3-2-8(11(16)17)15-20(18,19)9-5-6(12)4-7(14)10(9)13/h4-5,8,15H,2-3,14H2,1H3. The van der Waals surface area contributed by atoms with Crippen molar-refractivity contribution >= 4 is 33.2 Å². The van der Waals surface area contributed by atoms with Gasteiger partial charge in [-0.15, -0.1) is 0 Å². The summed E-state index contributed by atoms with van der Waals surface area (Å²) in [5, 5.41) is -0.000795. The van der Waals surface area contributed by atoms with Gasteiger partial charge in [-0.2, -0.15) is 4.72 Å². The van der Waals surface area contributed by atoms with E-state index in [0.717, 1.165) is 12.1 Å². The number of likely N-dealkylation sites (tertiary alicyclic amines) is 1. The van der Waals surface area contributed by atoms with E-state index in [0.29, 0.717) is 13.0 Å². The number of sulfonamides is 1. The third-order valence-electron chi connectivity index (χ3n) is 3.05. The third kappa shape index (κ3) is 2.72. The molecule has 6 nitrogen and oxygen atoms in total. The Bertz CT molecular complexity index is 665. The number of carbonyl (C=O) groups excluding carboxylic acids is 1. The first-order valence-electron chi connectivity index (χ1n) is 5.74. The van der Waals surface area contributed by atoms with Crippen LogP contribution in [0, 0.1) is 5.82 Å². The number of amides is 1. The van der Waals surface area contributed by atoms with Crippen molar-refractivity contribution in [2.45, 2.75) is 17.4 Å². The number of hydrogen-bond acceptors (Lipinski definition) is 4. The monoisotopic (exact) mass is 321 g/mol. The minimum Gasteiger partial charge on any atom is -0.396 e. The summed E-state index contributed by atoms with van der Waals surface area (Å²) in [6.07, 6.45) is 0.326. The molecule has 0 radical (unpaired) electrons. The van der Waals surface area contributed by atoms with Gasteiger partial charge in [-0.1, -0.05) is 11.6 Å². The second-order valence-electron chi connectivity index (χ2n) is 4.53. The average Bonchev–Trinajstić information content (AvgIpc) is 2.65. The molecule has 1 aromatic rings. The van der Waals surface area contributed by atoms with Crippen LogP contribution in [0.4, 0.5) is 10.1 Å². The smallest absolute Gasteiger partial charge is 0.244 e. The van der Waals surface area contributed by atoms with Crippen LogP contribution in [0.2, 0.25) is 5.02 Å². The predicted molar refractivity (Wildman–Crippen MR) is 72.2 cm³/mol. The lowest BCUT2D eigenvalue weighted by Gasteiger charge is -2.14. The molecule has 110 valence electrons. The van der Waals surface area contributed by atoms with Crippen molar-refractivity contribution in [2.75, 3.05) is 19.3 Å². The molecule has 0 bridgehead atoms. The molecule has 1 aliphatic heterocycles. The lowest BCUT2D eigenvalue weighted by atomic mass is 10.3. The molecule has 1 aliphatic rings. The molecule has 1 unspecified atom stereocenters. The van der Waals surface area contributed by atoms with E-state index in [1.54, 1.807) is 7.05 Å². The van der Waals surface area contributed by atoms with Crippen LogP contribution in [0.25, 0.3) is 0 Å². The van der Waals surface area contributed by atoms with Crippen LogP contribution in [0.15, 0.2) is 17.0 Å². The molecule has 9 heteroatoms.